The highest BCUT2D eigenvalue weighted by atomic mass is 16.2. The van der Waals surface area contributed by atoms with Gasteiger partial charge in [-0.15, -0.1) is 0 Å². The fourth-order valence-electron chi connectivity index (χ4n) is 2.49. The van der Waals surface area contributed by atoms with Crippen LogP contribution in [0.1, 0.15) is 37.8 Å². The third-order valence-electron chi connectivity index (χ3n) is 3.77. The predicted molar refractivity (Wildman–Crippen MR) is 94.6 cm³/mol. The first-order valence-electron chi connectivity index (χ1n) is 8.01. The molecule has 5 nitrogen and oxygen atoms in total. The Morgan fingerprint density at radius 3 is 2.42 bits per heavy atom. The standard InChI is InChI=1S/C19H23N3O2/c1-14(2)17-6-4-5-7-18(17)22(15(3)23)13-19(24)21-12-16-8-10-20-11-9-16/h4-11,14H,12-13H2,1-3H3,(H,21,24). The number of para-hydroxylation sites is 1. The lowest BCUT2D eigenvalue weighted by Crippen LogP contribution is -2.40. The summed E-state index contributed by atoms with van der Waals surface area (Å²) in [6.07, 6.45) is 3.37. The van der Waals surface area contributed by atoms with Gasteiger partial charge in [-0.05, 0) is 35.2 Å². The van der Waals surface area contributed by atoms with Crippen LogP contribution in [0, 0.1) is 0 Å². The molecule has 0 aliphatic heterocycles. The molecule has 0 unspecified atom stereocenters. The van der Waals surface area contributed by atoms with Crippen molar-refractivity contribution < 1.29 is 9.59 Å². The van der Waals surface area contributed by atoms with Gasteiger partial charge in [0.1, 0.15) is 6.54 Å². The predicted octanol–water partition coefficient (Wildman–Crippen LogP) is 2.87. The molecule has 0 saturated carbocycles. The van der Waals surface area contributed by atoms with E-state index in [9.17, 15) is 9.59 Å². The molecule has 5 heteroatoms. The Labute approximate surface area is 142 Å². The molecule has 24 heavy (non-hydrogen) atoms. The monoisotopic (exact) mass is 325 g/mol. The van der Waals surface area contributed by atoms with Crippen molar-refractivity contribution in [1.82, 2.24) is 10.3 Å². The van der Waals surface area contributed by atoms with Gasteiger partial charge in [0.2, 0.25) is 11.8 Å². The first-order valence-corrected chi connectivity index (χ1v) is 8.01. The molecule has 2 rings (SSSR count). The molecule has 2 amide bonds. The van der Waals surface area contributed by atoms with Gasteiger partial charge in [-0.25, -0.2) is 0 Å². The van der Waals surface area contributed by atoms with Gasteiger partial charge in [-0.3, -0.25) is 14.6 Å². The minimum atomic E-state index is -0.194. The van der Waals surface area contributed by atoms with Crippen LogP contribution in [-0.2, 0) is 16.1 Å². The Bertz CT molecular complexity index is 699. The number of pyridine rings is 1. The molecule has 126 valence electrons. The van der Waals surface area contributed by atoms with Gasteiger partial charge in [0.15, 0.2) is 0 Å². The maximum Gasteiger partial charge on any atom is 0.240 e. The van der Waals surface area contributed by atoms with Gasteiger partial charge in [0.05, 0.1) is 0 Å². The number of amides is 2. The number of nitrogens with one attached hydrogen (secondary N) is 1. The number of hydrogen-bond donors (Lipinski definition) is 1. The summed E-state index contributed by atoms with van der Waals surface area (Å²) in [5, 5.41) is 2.84. The SMILES string of the molecule is CC(=O)N(CC(=O)NCc1ccncc1)c1ccccc1C(C)C. The highest BCUT2D eigenvalue weighted by Crippen LogP contribution is 2.27. The van der Waals surface area contributed by atoms with Crippen LogP contribution in [0.5, 0.6) is 0 Å². The van der Waals surface area contributed by atoms with Gasteiger partial charge in [0.25, 0.3) is 0 Å². The van der Waals surface area contributed by atoms with Crippen molar-refractivity contribution in [2.24, 2.45) is 0 Å². The smallest absolute Gasteiger partial charge is 0.240 e. The van der Waals surface area contributed by atoms with Crippen molar-refractivity contribution in [3.8, 4) is 0 Å². The van der Waals surface area contributed by atoms with E-state index in [-0.39, 0.29) is 24.3 Å². The normalized spacial score (nSPS) is 10.5. The van der Waals surface area contributed by atoms with E-state index in [1.807, 2.05) is 36.4 Å². The van der Waals surface area contributed by atoms with E-state index in [4.69, 9.17) is 0 Å². The zero-order valence-electron chi connectivity index (χ0n) is 14.3. The van der Waals surface area contributed by atoms with Crippen molar-refractivity contribution in [2.45, 2.75) is 33.2 Å². The second kappa shape index (κ2) is 8.24. The topological polar surface area (TPSA) is 62.3 Å². The van der Waals surface area contributed by atoms with Crippen molar-refractivity contribution in [1.29, 1.82) is 0 Å². The van der Waals surface area contributed by atoms with Crippen LogP contribution in [0.2, 0.25) is 0 Å². The number of benzene rings is 1. The molecule has 0 aliphatic rings. The fourth-order valence-corrected chi connectivity index (χ4v) is 2.49. The van der Waals surface area contributed by atoms with E-state index in [0.717, 1.165) is 16.8 Å². The number of hydrogen-bond acceptors (Lipinski definition) is 3. The Morgan fingerprint density at radius 2 is 1.79 bits per heavy atom. The number of anilines is 1. The average molecular weight is 325 g/mol. The summed E-state index contributed by atoms with van der Waals surface area (Å²) in [6.45, 7) is 6.04. The Balaban J connectivity index is 2.09. The number of aromatic nitrogens is 1. The van der Waals surface area contributed by atoms with Crippen molar-refractivity contribution in [3.63, 3.8) is 0 Å². The zero-order chi connectivity index (χ0) is 17.5. The second-order valence-corrected chi connectivity index (χ2v) is 5.95. The van der Waals surface area contributed by atoms with Crippen LogP contribution in [-0.4, -0.2) is 23.3 Å². The van der Waals surface area contributed by atoms with Crippen molar-refractivity contribution in [2.75, 3.05) is 11.4 Å². The van der Waals surface area contributed by atoms with Gasteiger partial charge >= 0.3 is 0 Å². The lowest BCUT2D eigenvalue weighted by atomic mass is 10.0. The molecule has 1 aromatic heterocycles. The van der Waals surface area contributed by atoms with Gasteiger partial charge < -0.3 is 10.2 Å². The molecule has 1 N–H and O–H groups in total. The lowest BCUT2D eigenvalue weighted by molar-refractivity contribution is -0.123. The lowest BCUT2D eigenvalue weighted by Gasteiger charge is -2.25. The summed E-state index contributed by atoms with van der Waals surface area (Å²) in [4.78, 5) is 29.8. The molecule has 2 aromatic rings. The van der Waals surface area contributed by atoms with E-state index in [0.29, 0.717) is 6.54 Å². The van der Waals surface area contributed by atoms with Crippen LogP contribution in [0.15, 0.2) is 48.8 Å². The summed E-state index contributed by atoms with van der Waals surface area (Å²) >= 11 is 0. The van der Waals surface area contributed by atoms with Gasteiger partial charge in [-0.2, -0.15) is 0 Å². The van der Waals surface area contributed by atoms with Crippen LogP contribution in [0.25, 0.3) is 0 Å². The zero-order valence-corrected chi connectivity index (χ0v) is 14.3. The first-order chi connectivity index (χ1) is 11.5. The van der Waals surface area contributed by atoms with E-state index in [2.05, 4.69) is 24.1 Å². The van der Waals surface area contributed by atoms with E-state index >= 15 is 0 Å². The van der Waals surface area contributed by atoms with Crippen LogP contribution in [0.3, 0.4) is 0 Å². The highest BCUT2D eigenvalue weighted by molar-refractivity contribution is 5.98. The quantitative estimate of drug-likeness (QED) is 0.888. The molecule has 0 radical (unpaired) electrons. The summed E-state index contributed by atoms with van der Waals surface area (Å²) in [5.74, 6) is -0.0781. The molecule has 0 atom stereocenters. The molecule has 1 aromatic carbocycles. The molecule has 0 bridgehead atoms. The summed E-state index contributed by atoms with van der Waals surface area (Å²) < 4.78 is 0. The third kappa shape index (κ3) is 4.65. The van der Waals surface area contributed by atoms with Crippen molar-refractivity contribution in [3.05, 3.63) is 59.9 Å². The minimum Gasteiger partial charge on any atom is -0.350 e. The fraction of sp³-hybridized carbons (Fsp3) is 0.316. The molecular formula is C19H23N3O2. The molecular weight excluding hydrogens is 302 g/mol. The summed E-state index contributed by atoms with van der Waals surface area (Å²) in [5.41, 5.74) is 2.81. The number of carbonyl (C=O) groups excluding carboxylic acids is 2. The van der Waals surface area contributed by atoms with Crippen LogP contribution >= 0.6 is 0 Å². The Kier molecular flexibility index (Phi) is 6.07. The molecule has 0 fully saturated rings. The van der Waals surface area contributed by atoms with E-state index < -0.39 is 0 Å². The van der Waals surface area contributed by atoms with E-state index in [1.54, 1.807) is 12.4 Å². The van der Waals surface area contributed by atoms with Gasteiger partial charge in [-0.1, -0.05) is 32.0 Å². The highest BCUT2D eigenvalue weighted by Gasteiger charge is 2.19. The molecule has 0 spiro atoms. The Morgan fingerprint density at radius 1 is 1.12 bits per heavy atom. The summed E-state index contributed by atoms with van der Waals surface area (Å²) in [6, 6.07) is 11.4. The third-order valence-corrected chi connectivity index (χ3v) is 3.77. The maximum atomic E-state index is 12.3. The molecule has 0 aliphatic carbocycles. The number of nitrogens with zero attached hydrogens (tertiary/aromatic N) is 2. The Hall–Kier alpha value is -2.69. The maximum absolute atomic E-state index is 12.3. The molecule has 0 saturated heterocycles. The minimum absolute atomic E-state index is 0.00412. The largest absolute Gasteiger partial charge is 0.350 e. The van der Waals surface area contributed by atoms with Gasteiger partial charge in [0, 0.05) is 31.5 Å². The number of rotatable bonds is 6. The van der Waals surface area contributed by atoms with Crippen molar-refractivity contribution >= 4 is 17.5 Å². The second-order valence-electron chi connectivity index (χ2n) is 5.95. The van der Waals surface area contributed by atoms with E-state index in [1.165, 1.54) is 11.8 Å². The van der Waals surface area contributed by atoms with Crippen LogP contribution in [0.4, 0.5) is 5.69 Å². The number of carbonyl (C=O) groups is 2. The molecule has 1 heterocycles. The first kappa shape index (κ1) is 17.7. The van der Waals surface area contributed by atoms with Crippen LogP contribution < -0.4 is 10.2 Å². The summed E-state index contributed by atoms with van der Waals surface area (Å²) in [7, 11) is 0. The average Bonchev–Trinajstić information content (AvgIpc) is 2.58.